The lowest BCUT2D eigenvalue weighted by Crippen LogP contribution is -2.45. The lowest BCUT2D eigenvalue weighted by molar-refractivity contribution is -0.144. The van der Waals surface area contributed by atoms with Crippen LogP contribution in [0.25, 0.3) is 17.1 Å². The molecule has 0 aliphatic rings. The van der Waals surface area contributed by atoms with E-state index >= 15 is 0 Å². The molecule has 42 heavy (non-hydrogen) atoms. The third kappa shape index (κ3) is 7.91. The molecule has 2 aromatic carbocycles. The standard InChI is InChI=1S/C34H41N5O3/c1-34(2,3)25-15-17-26(18-16-25)39-27(23-31(37-39)30-11-8-9-21-36-30)10-6-5-7-12-32(41)38(4)33(42)29(35)22-24-13-19-28(40)20-14-24/h8-9,11,13-21,23,29,40H,5-7,10,12,22,35H2,1-4H3/t29-/m0/s1. The molecule has 4 aromatic rings. The Bertz CT molecular complexity index is 1470. The zero-order valence-electron chi connectivity index (χ0n) is 25.0. The number of aromatic nitrogens is 3. The minimum absolute atomic E-state index is 0.0680. The molecule has 220 valence electrons. The van der Waals surface area contributed by atoms with Crippen LogP contribution in [0, 0.1) is 0 Å². The number of phenolic OH excluding ortho intramolecular Hbond substituents is 1. The molecule has 2 amide bonds. The Morgan fingerprint density at radius 1 is 0.952 bits per heavy atom. The summed E-state index contributed by atoms with van der Waals surface area (Å²) in [6, 6.07) is 22.1. The van der Waals surface area contributed by atoms with Crippen LogP contribution in [0.4, 0.5) is 0 Å². The van der Waals surface area contributed by atoms with Crippen molar-refractivity contribution >= 4 is 11.8 Å². The minimum atomic E-state index is -0.824. The predicted molar refractivity (Wildman–Crippen MR) is 165 cm³/mol. The summed E-state index contributed by atoms with van der Waals surface area (Å²) in [5.74, 6) is -0.488. The van der Waals surface area contributed by atoms with E-state index in [-0.39, 0.29) is 23.5 Å². The van der Waals surface area contributed by atoms with Gasteiger partial charge in [-0.1, -0.05) is 57.5 Å². The second-order valence-electron chi connectivity index (χ2n) is 11.8. The van der Waals surface area contributed by atoms with Gasteiger partial charge < -0.3 is 10.8 Å². The van der Waals surface area contributed by atoms with Crippen molar-refractivity contribution in [3.63, 3.8) is 0 Å². The van der Waals surface area contributed by atoms with Gasteiger partial charge in [-0.25, -0.2) is 4.68 Å². The van der Waals surface area contributed by atoms with Gasteiger partial charge >= 0.3 is 0 Å². The molecule has 4 rings (SSSR count). The summed E-state index contributed by atoms with van der Waals surface area (Å²) in [7, 11) is 1.49. The van der Waals surface area contributed by atoms with Crippen LogP contribution in [0.5, 0.6) is 5.75 Å². The van der Waals surface area contributed by atoms with E-state index in [0.29, 0.717) is 12.8 Å². The first-order valence-corrected chi connectivity index (χ1v) is 14.5. The highest BCUT2D eigenvalue weighted by Gasteiger charge is 2.23. The summed E-state index contributed by atoms with van der Waals surface area (Å²) in [5, 5.41) is 14.3. The number of carbonyl (C=O) groups excluding carboxylic acids is 2. The summed E-state index contributed by atoms with van der Waals surface area (Å²) in [4.78, 5) is 31.0. The largest absolute Gasteiger partial charge is 0.508 e. The number of nitrogens with two attached hydrogens (primary N) is 1. The fourth-order valence-corrected chi connectivity index (χ4v) is 4.84. The molecule has 2 aromatic heterocycles. The molecule has 0 saturated heterocycles. The van der Waals surface area contributed by atoms with Crippen LogP contribution in [0.2, 0.25) is 0 Å². The first kappa shape index (κ1) is 30.7. The Hall–Kier alpha value is -4.30. The second kappa shape index (κ2) is 13.6. The number of benzene rings is 2. The Morgan fingerprint density at radius 3 is 2.31 bits per heavy atom. The second-order valence-corrected chi connectivity index (χ2v) is 11.8. The van der Waals surface area contributed by atoms with E-state index in [9.17, 15) is 14.7 Å². The molecule has 0 spiro atoms. The van der Waals surface area contributed by atoms with Crippen molar-refractivity contribution in [1.29, 1.82) is 0 Å². The van der Waals surface area contributed by atoms with Crippen molar-refractivity contribution in [1.82, 2.24) is 19.7 Å². The molecule has 1 atom stereocenters. The van der Waals surface area contributed by atoms with E-state index in [1.54, 1.807) is 30.5 Å². The van der Waals surface area contributed by atoms with Crippen molar-refractivity contribution in [3.8, 4) is 22.8 Å². The molecule has 0 radical (unpaired) electrons. The van der Waals surface area contributed by atoms with Crippen LogP contribution >= 0.6 is 0 Å². The molecule has 2 heterocycles. The number of pyridine rings is 1. The average Bonchev–Trinajstić information content (AvgIpc) is 3.41. The summed E-state index contributed by atoms with van der Waals surface area (Å²) in [6.07, 6.45) is 5.52. The van der Waals surface area contributed by atoms with E-state index in [2.05, 4.69) is 56.1 Å². The maximum atomic E-state index is 12.7. The lowest BCUT2D eigenvalue weighted by atomic mass is 9.87. The van der Waals surface area contributed by atoms with Gasteiger partial charge in [0.25, 0.3) is 0 Å². The fourth-order valence-electron chi connectivity index (χ4n) is 4.84. The first-order valence-electron chi connectivity index (χ1n) is 14.5. The Labute approximate surface area is 248 Å². The van der Waals surface area contributed by atoms with E-state index in [0.717, 1.165) is 52.5 Å². The van der Waals surface area contributed by atoms with Crippen molar-refractivity contribution in [2.24, 2.45) is 5.73 Å². The Kier molecular flexibility index (Phi) is 9.91. The van der Waals surface area contributed by atoms with Crippen molar-refractivity contribution in [2.45, 2.75) is 70.8 Å². The monoisotopic (exact) mass is 567 g/mol. The molecule has 3 N–H and O–H groups in total. The molecule has 0 aliphatic carbocycles. The zero-order chi connectivity index (χ0) is 30.3. The number of rotatable bonds is 11. The van der Waals surface area contributed by atoms with Gasteiger partial charge in [0.05, 0.1) is 17.4 Å². The third-order valence-corrected chi connectivity index (χ3v) is 7.43. The molecule has 0 bridgehead atoms. The number of unbranched alkanes of at least 4 members (excludes halogenated alkanes) is 2. The number of carbonyl (C=O) groups is 2. The molecule has 0 aliphatic heterocycles. The number of likely N-dealkylation sites (N-methyl/N-ethyl adjacent to an activating group) is 1. The van der Waals surface area contributed by atoms with Gasteiger partial charge in [-0.05, 0) is 84.7 Å². The Morgan fingerprint density at radius 2 is 1.67 bits per heavy atom. The summed E-state index contributed by atoms with van der Waals surface area (Å²) < 4.78 is 1.99. The van der Waals surface area contributed by atoms with Gasteiger partial charge in [-0.2, -0.15) is 5.10 Å². The van der Waals surface area contributed by atoms with Gasteiger partial charge in [0.15, 0.2) is 0 Å². The smallest absolute Gasteiger partial charge is 0.246 e. The lowest BCUT2D eigenvalue weighted by Gasteiger charge is -2.20. The van der Waals surface area contributed by atoms with Gasteiger partial charge in [0, 0.05) is 25.4 Å². The SMILES string of the molecule is CN(C(=O)CCCCCc1cc(-c2ccccn2)nn1-c1ccc(C(C)(C)C)cc1)C(=O)[C@@H](N)Cc1ccc(O)cc1. The van der Waals surface area contributed by atoms with E-state index < -0.39 is 11.9 Å². The number of aryl methyl sites for hydroxylation is 1. The molecule has 8 nitrogen and oxygen atoms in total. The first-order chi connectivity index (χ1) is 20.0. The number of hydrogen-bond donors (Lipinski definition) is 2. The topological polar surface area (TPSA) is 114 Å². The minimum Gasteiger partial charge on any atom is -0.508 e. The number of phenols is 1. The fraction of sp³-hybridized carbons (Fsp3) is 0.353. The molecular weight excluding hydrogens is 526 g/mol. The number of amides is 2. The van der Waals surface area contributed by atoms with Crippen molar-refractivity contribution < 1.29 is 14.7 Å². The predicted octanol–water partition coefficient (Wildman–Crippen LogP) is 5.60. The van der Waals surface area contributed by atoms with Crippen LogP contribution in [-0.2, 0) is 27.8 Å². The zero-order valence-corrected chi connectivity index (χ0v) is 25.0. The average molecular weight is 568 g/mol. The van der Waals surface area contributed by atoms with E-state index in [1.807, 2.05) is 22.9 Å². The molecular formula is C34H41N5O3. The van der Waals surface area contributed by atoms with Gasteiger partial charge in [0.1, 0.15) is 11.4 Å². The van der Waals surface area contributed by atoms with E-state index in [1.165, 1.54) is 12.6 Å². The highest BCUT2D eigenvalue weighted by Crippen LogP contribution is 2.26. The quantitative estimate of drug-likeness (QED) is 0.228. The summed E-state index contributed by atoms with van der Waals surface area (Å²) in [5.41, 5.74) is 12.0. The molecule has 0 unspecified atom stereocenters. The highest BCUT2D eigenvalue weighted by atomic mass is 16.3. The third-order valence-electron chi connectivity index (χ3n) is 7.43. The maximum absolute atomic E-state index is 12.7. The van der Waals surface area contributed by atoms with Crippen molar-refractivity contribution in [2.75, 3.05) is 7.05 Å². The van der Waals surface area contributed by atoms with Gasteiger partial charge in [0.2, 0.25) is 11.8 Å². The number of nitrogens with zero attached hydrogens (tertiary/aromatic N) is 4. The van der Waals surface area contributed by atoms with Crippen molar-refractivity contribution in [3.05, 3.63) is 95.8 Å². The number of hydrogen-bond acceptors (Lipinski definition) is 6. The van der Waals surface area contributed by atoms with E-state index in [4.69, 9.17) is 10.8 Å². The van der Waals surface area contributed by atoms with Gasteiger partial charge in [-0.3, -0.25) is 19.5 Å². The van der Waals surface area contributed by atoms with Gasteiger partial charge in [-0.15, -0.1) is 0 Å². The normalized spacial score (nSPS) is 12.2. The summed E-state index contributed by atoms with van der Waals surface area (Å²) >= 11 is 0. The molecule has 0 fully saturated rings. The highest BCUT2D eigenvalue weighted by molar-refractivity contribution is 5.97. The van der Waals surface area contributed by atoms with Crippen LogP contribution in [-0.4, -0.2) is 49.7 Å². The molecule has 0 saturated carbocycles. The van der Waals surface area contributed by atoms with Crippen LogP contribution in [0.15, 0.2) is 79.0 Å². The number of imide groups is 1. The summed E-state index contributed by atoms with van der Waals surface area (Å²) in [6.45, 7) is 6.60. The van der Waals surface area contributed by atoms with Crippen LogP contribution in [0.1, 0.15) is 63.3 Å². The van der Waals surface area contributed by atoms with Crippen LogP contribution < -0.4 is 5.73 Å². The maximum Gasteiger partial charge on any atom is 0.246 e. The molecule has 8 heteroatoms. The number of aromatic hydroxyl groups is 1. The Balaban J connectivity index is 1.33. The van der Waals surface area contributed by atoms with Crippen LogP contribution in [0.3, 0.4) is 0 Å².